The van der Waals surface area contributed by atoms with Gasteiger partial charge in [0, 0.05) is 12.3 Å². The van der Waals surface area contributed by atoms with E-state index in [4.69, 9.17) is 9.26 Å². The highest BCUT2D eigenvalue weighted by Crippen LogP contribution is 2.29. The lowest BCUT2D eigenvalue weighted by atomic mass is 10.1. The predicted octanol–water partition coefficient (Wildman–Crippen LogP) is 3.93. The second kappa shape index (κ2) is 7.44. The Balaban J connectivity index is 1.49. The molecule has 0 unspecified atom stereocenters. The van der Waals surface area contributed by atoms with Crippen LogP contribution in [0.5, 0.6) is 0 Å². The van der Waals surface area contributed by atoms with Crippen molar-refractivity contribution in [1.29, 1.82) is 0 Å². The molecule has 0 aliphatic carbocycles. The molecule has 0 amide bonds. The first-order chi connectivity index (χ1) is 15.0. The number of hydrogen-bond donors (Lipinski definition) is 0. The Kier molecular flexibility index (Phi) is 4.59. The zero-order valence-electron chi connectivity index (χ0n) is 16.7. The Morgan fingerprint density at radius 1 is 1.19 bits per heavy atom. The second-order valence-electron chi connectivity index (χ2n) is 7.07. The highest BCUT2D eigenvalue weighted by Gasteiger charge is 2.21. The summed E-state index contributed by atoms with van der Waals surface area (Å²) >= 11 is 1.50. The van der Waals surface area contributed by atoms with Crippen LogP contribution in [0.2, 0.25) is 0 Å². The van der Waals surface area contributed by atoms with Crippen LogP contribution in [0.4, 0.5) is 0 Å². The standard InChI is InChI=1S/C22H16N4O4S/c1-12-5-6-26-18(8-12)23-14(9-19(26)27)11-29-22(28)15-10-16(17-4-3-7-31-17)24-21-20(15)13(2)25-30-21/h3-10H,11H2,1-2H3. The molecule has 0 saturated heterocycles. The molecule has 0 aliphatic heterocycles. The van der Waals surface area contributed by atoms with E-state index in [1.807, 2.05) is 30.5 Å². The lowest BCUT2D eigenvalue weighted by Crippen LogP contribution is -2.16. The third kappa shape index (κ3) is 3.49. The number of carbonyl (C=O) groups is 1. The van der Waals surface area contributed by atoms with Gasteiger partial charge in [0.1, 0.15) is 12.3 Å². The van der Waals surface area contributed by atoms with Crippen molar-refractivity contribution in [2.45, 2.75) is 20.5 Å². The molecule has 5 heterocycles. The Labute approximate surface area is 179 Å². The summed E-state index contributed by atoms with van der Waals surface area (Å²) in [5, 5.41) is 6.37. The molecular formula is C22H16N4O4S. The summed E-state index contributed by atoms with van der Waals surface area (Å²) in [6.45, 7) is 3.52. The summed E-state index contributed by atoms with van der Waals surface area (Å²) in [5.74, 6) is -0.567. The van der Waals surface area contributed by atoms with Crippen LogP contribution in [0.15, 0.2) is 57.3 Å². The number of nitrogens with zero attached hydrogens (tertiary/aromatic N) is 4. The van der Waals surface area contributed by atoms with Crippen LogP contribution in [0, 0.1) is 13.8 Å². The molecule has 31 heavy (non-hydrogen) atoms. The van der Waals surface area contributed by atoms with Crippen molar-refractivity contribution >= 4 is 34.1 Å². The van der Waals surface area contributed by atoms with Gasteiger partial charge in [-0.2, -0.15) is 0 Å². The van der Waals surface area contributed by atoms with Crippen LogP contribution in [-0.2, 0) is 11.3 Å². The first-order valence-electron chi connectivity index (χ1n) is 9.46. The average Bonchev–Trinajstić information content (AvgIpc) is 3.41. The molecule has 154 valence electrons. The third-order valence-corrected chi connectivity index (χ3v) is 5.73. The molecule has 0 saturated carbocycles. The summed E-state index contributed by atoms with van der Waals surface area (Å²) in [6, 6.07) is 10.5. The van der Waals surface area contributed by atoms with Crippen molar-refractivity contribution in [1.82, 2.24) is 19.5 Å². The maximum Gasteiger partial charge on any atom is 0.339 e. The molecular weight excluding hydrogens is 416 g/mol. The van der Waals surface area contributed by atoms with Gasteiger partial charge in [0.2, 0.25) is 0 Å². The maximum absolute atomic E-state index is 13.0. The number of thiophene rings is 1. The summed E-state index contributed by atoms with van der Waals surface area (Å²) in [5.41, 5.74) is 3.33. The number of hydrogen-bond acceptors (Lipinski definition) is 8. The van der Waals surface area contributed by atoms with Gasteiger partial charge in [-0.3, -0.25) is 9.20 Å². The van der Waals surface area contributed by atoms with Gasteiger partial charge < -0.3 is 9.26 Å². The number of rotatable bonds is 4. The van der Waals surface area contributed by atoms with E-state index < -0.39 is 5.97 Å². The van der Waals surface area contributed by atoms with Crippen molar-refractivity contribution in [3.05, 3.63) is 80.8 Å². The zero-order valence-corrected chi connectivity index (χ0v) is 17.5. The van der Waals surface area contributed by atoms with E-state index in [9.17, 15) is 9.59 Å². The molecule has 0 atom stereocenters. The van der Waals surface area contributed by atoms with Gasteiger partial charge in [-0.1, -0.05) is 11.2 Å². The molecule has 0 aromatic carbocycles. The van der Waals surface area contributed by atoms with Gasteiger partial charge in [0.15, 0.2) is 0 Å². The molecule has 0 fully saturated rings. The van der Waals surface area contributed by atoms with Crippen LogP contribution in [0.3, 0.4) is 0 Å². The third-order valence-electron chi connectivity index (χ3n) is 4.84. The highest BCUT2D eigenvalue weighted by atomic mass is 32.1. The summed E-state index contributed by atoms with van der Waals surface area (Å²) in [7, 11) is 0. The molecule has 0 aliphatic rings. The minimum atomic E-state index is -0.567. The van der Waals surface area contributed by atoms with Gasteiger partial charge in [0.05, 0.1) is 32.9 Å². The molecule has 5 rings (SSSR count). The minimum absolute atomic E-state index is 0.138. The van der Waals surface area contributed by atoms with E-state index in [2.05, 4.69) is 15.1 Å². The zero-order chi connectivity index (χ0) is 21.5. The molecule has 9 heteroatoms. The number of fused-ring (bicyclic) bond motifs is 2. The van der Waals surface area contributed by atoms with Crippen molar-refractivity contribution in [2.75, 3.05) is 0 Å². The Morgan fingerprint density at radius 2 is 2.06 bits per heavy atom. The number of carbonyl (C=O) groups excluding carboxylic acids is 1. The molecule has 5 aromatic heterocycles. The fourth-order valence-electron chi connectivity index (χ4n) is 3.35. The first kappa shape index (κ1) is 19.1. The molecule has 0 bridgehead atoms. The highest BCUT2D eigenvalue weighted by molar-refractivity contribution is 7.13. The SMILES string of the molecule is Cc1ccn2c(=O)cc(COC(=O)c3cc(-c4cccs4)nc4onc(C)c34)nc2c1. The average molecular weight is 432 g/mol. The fraction of sp³-hybridized carbons (Fsp3) is 0.136. The Bertz CT molecular complexity index is 1500. The number of esters is 1. The maximum atomic E-state index is 13.0. The minimum Gasteiger partial charge on any atom is -0.456 e. The first-order valence-corrected chi connectivity index (χ1v) is 10.3. The van der Waals surface area contributed by atoms with Crippen LogP contribution in [-0.4, -0.2) is 25.5 Å². The summed E-state index contributed by atoms with van der Waals surface area (Å²) < 4.78 is 12.2. The molecule has 0 N–H and O–H groups in total. The van der Waals surface area contributed by atoms with Crippen LogP contribution in [0.1, 0.15) is 27.3 Å². The fourth-order valence-corrected chi connectivity index (χ4v) is 4.04. The lowest BCUT2D eigenvalue weighted by molar-refractivity contribution is 0.0470. The molecule has 5 aromatic rings. The topological polar surface area (TPSA) is 99.6 Å². The quantitative estimate of drug-likeness (QED) is 0.397. The van der Waals surface area contributed by atoms with Crippen molar-refractivity contribution < 1.29 is 14.1 Å². The number of aryl methyl sites for hydroxylation is 2. The monoisotopic (exact) mass is 432 g/mol. The van der Waals surface area contributed by atoms with Crippen molar-refractivity contribution in [3.63, 3.8) is 0 Å². The van der Waals surface area contributed by atoms with E-state index in [1.165, 1.54) is 21.8 Å². The number of ether oxygens (including phenoxy) is 1. The van der Waals surface area contributed by atoms with E-state index in [1.54, 1.807) is 25.3 Å². The Morgan fingerprint density at radius 3 is 2.87 bits per heavy atom. The van der Waals surface area contributed by atoms with Crippen molar-refractivity contribution in [2.24, 2.45) is 0 Å². The van der Waals surface area contributed by atoms with E-state index >= 15 is 0 Å². The Hall–Kier alpha value is -3.85. The number of aromatic nitrogens is 4. The molecule has 8 nitrogen and oxygen atoms in total. The van der Waals surface area contributed by atoms with Gasteiger partial charge in [-0.25, -0.2) is 14.8 Å². The van der Waals surface area contributed by atoms with Crippen LogP contribution < -0.4 is 5.56 Å². The summed E-state index contributed by atoms with van der Waals surface area (Å²) in [4.78, 5) is 35.1. The van der Waals surface area contributed by atoms with Gasteiger partial charge in [-0.05, 0) is 49.1 Å². The van der Waals surface area contributed by atoms with Crippen molar-refractivity contribution in [3.8, 4) is 10.6 Å². The van der Waals surface area contributed by atoms with Gasteiger partial charge in [0.25, 0.3) is 11.3 Å². The van der Waals surface area contributed by atoms with E-state index in [0.717, 1.165) is 10.4 Å². The van der Waals surface area contributed by atoms with E-state index in [-0.39, 0.29) is 17.9 Å². The molecule has 0 radical (unpaired) electrons. The smallest absolute Gasteiger partial charge is 0.339 e. The summed E-state index contributed by atoms with van der Waals surface area (Å²) in [6.07, 6.45) is 1.67. The van der Waals surface area contributed by atoms with E-state index in [0.29, 0.717) is 33.7 Å². The normalized spacial score (nSPS) is 11.3. The second-order valence-corrected chi connectivity index (χ2v) is 8.02. The van der Waals surface area contributed by atoms with Gasteiger partial charge in [-0.15, -0.1) is 11.3 Å². The predicted molar refractivity (Wildman–Crippen MR) is 115 cm³/mol. The van der Waals surface area contributed by atoms with Crippen LogP contribution in [0.25, 0.3) is 27.3 Å². The van der Waals surface area contributed by atoms with Gasteiger partial charge >= 0.3 is 5.97 Å². The number of pyridine rings is 2. The largest absolute Gasteiger partial charge is 0.456 e. The van der Waals surface area contributed by atoms with Crippen LogP contribution >= 0.6 is 11.3 Å². The molecule has 0 spiro atoms. The lowest BCUT2D eigenvalue weighted by Gasteiger charge is -2.08.